The number of ether oxygens (including phenoxy) is 1. The summed E-state index contributed by atoms with van der Waals surface area (Å²) in [4.78, 5) is 15.3. The van der Waals surface area contributed by atoms with Crippen LogP contribution >= 0.6 is 0 Å². The third-order valence-corrected chi connectivity index (χ3v) is 4.13. The van der Waals surface area contributed by atoms with E-state index in [0.29, 0.717) is 17.5 Å². The molecule has 0 amide bonds. The molecule has 0 bridgehead atoms. The molecule has 0 spiro atoms. The summed E-state index contributed by atoms with van der Waals surface area (Å²) < 4.78 is 32.9. The van der Waals surface area contributed by atoms with E-state index >= 15 is 0 Å². The first-order chi connectivity index (χ1) is 11.4. The number of carboxylic acid groups (broad SMARTS) is 1. The molecule has 3 rings (SSSR count). The molecule has 0 saturated carbocycles. The van der Waals surface area contributed by atoms with Crippen LogP contribution in [0, 0.1) is 17.6 Å². The molecular formula is C17H15F2NO4. The van der Waals surface area contributed by atoms with Crippen molar-refractivity contribution in [3.8, 4) is 17.0 Å². The smallest absolute Gasteiger partial charge is 0.354 e. The number of hydrogen-bond acceptors (Lipinski definition) is 4. The lowest BCUT2D eigenvalue weighted by Gasteiger charge is -2.31. The van der Waals surface area contributed by atoms with Gasteiger partial charge in [0.25, 0.3) is 0 Å². The van der Waals surface area contributed by atoms with Gasteiger partial charge in [-0.2, -0.15) is 0 Å². The number of halogens is 2. The summed E-state index contributed by atoms with van der Waals surface area (Å²) in [6.45, 7) is 1.62. The zero-order valence-electron chi connectivity index (χ0n) is 12.8. The molecule has 126 valence electrons. The van der Waals surface area contributed by atoms with Crippen molar-refractivity contribution in [3.05, 3.63) is 47.2 Å². The quantitative estimate of drug-likeness (QED) is 0.901. The molecule has 1 aliphatic heterocycles. The lowest BCUT2D eigenvalue weighted by atomic mass is 9.88. The number of hydrogen-bond donors (Lipinski definition) is 2. The molecule has 0 saturated heterocycles. The van der Waals surface area contributed by atoms with Crippen molar-refractivity contribution < 1.29 is 28.5 Å². The van der Waals surface area contributed by atoms with Crippen LogP contribution in [0.2, 0.25) is 0 Å². The molecule has 2 aromatic rings. The molecule has 0 radical (unpaired) electrons. The molecule has 2 atom stereocenters. The van der Waals surface area contributed by atoms with Gasteiger partial charge in [0.15, 0.2) is 5.69 Å². The molecule has 1 aromatic heterocycles. The number of carbonyl (C=O) groups is 1. The Balaban J connectivity index is 2.21. The Morgan fingerprint density at radius 3 is 2.71 bits per heavy atom. The predicted molar refractivity (Wildman–Crippen MR) is 80.9 cm³/mol. The summed E-state index contributed by atoms with van der Waals surface area (Å²) in [6.07, 6.45) is -0.0838. The number of rotatable bonds is 3. The summed E-state index contributed by atoms with van der Waals surface area (Å²) in [6, 6.07) is 4.36. The number of carboxylic acids is 1. The first-order valence-corrected chi connectivity index (χ1v) is 7.41. The summed E-state index contributed by atoms with van der Waals surface area (Å²) >= 11 is 0. The minimum absolute atomic E-state index is 0.0609. The number of aromatic carboxylic acids is 1. The minimum Gasteiger partial charge on any atom is -0.477 e. The van der Waals surface area contributed by atoms with Gasteiger partial charge in [0.1, 0.15) is 17.7 Å². The predicted octanol–water partition coefficient (Wildman–Crippen LogP) is 2.66. The standard InChI is InChI=1S/C17H15F2NO4/c1-8-4-12-11(10-3-2-9(18)5-13(10)19)6-14(17(22)23)20-16(12)24-15(8)7-21/h2-3,5-6,8,15,21H,4,7H2,1H3,(H,22,23)/t8-,15-/m0/s1. The molecule has 1 aromatic carbocycles. The number of aliphatic hydroxyl groups is 1. The fraction of sp³-hybridized carbons (Fsp3) is 0.294. The number of aliphatic hydroxyl groups excluding tert-OH is 1. The Labute approximate surface area is 136 Å². The molecule has 0 unspecified atom stereocenters. The Hall–Kier alpha value is -2.54. The van der Waals surface area contributed by atoms with Crippen LogP contribution in [0.1, 0.15) is 23.0 Å². The highest BCUT2D eigenvalue weighted by Gasteiger charge is 2.31. The van der Waals surface area contributed by atoms with E-state index < -0.39 is 23.7 Å². The average Bonchev–Trinajstić information content (AvgIpc) is 2.53. The van der Waals surface area contributed by atoms with Crippen LogP contribution in [-0.4, -0.2) is 33.9 Å². The van der Waals surface area contributed by atoms with E-state index in [-0.39, 0.29) is 29.7 Å². The van der Waals surface area contributed by atoms with E-state index in [4.69, 9.17) is 4.74 Å². The third-order valence-electron chi connectivity index (χ3n) is 4.13. The van der Waals surface area contributed by atoms with Crippen LogP contribution in [0.3, 0.4) is 0 Å². The van der Waals surface area contributed by atoms with Gasteiger partial charge in [-0.25, -0.2) is 18.6 Å². The van der Waals surface area contributed by atoms with Gasteiger partial charge in [0, 0.05) is 17.2 Å². The molecule has 0 aliphatic carbocycles. The van der Waals surface area contributed by atoms with Gasteiger partial charge in [-0.05, 0) is 36.1 Å². The van der Waals surface area contributed by atoms with Crippen molar-refractivity contribution >= 4 is 5.97 Å². The molecule has 7 heteroatoms. The van der Waals surface area contributed by atoms with E-state index in [2.05, 4.69) is 4.98 Å². The van der Waals surface area contributed by atoms with Gasteiger partial charge in [0.2, 0.25) is 5.88 Å². The largest absolute Gasteiger partial charge is 0.477 e. The van der Waals surface area contributed by atoms with Gasteiger partial charge in [-0.15, -0.1) is 0 Å². The molecule has 5 nitrogen and oxygen atoms in total. The molecular weight excluding hydrogens is 320 g/mol. The molecule has 0 fully saturated rings. The lowest BCUT2D eigenvalue weighted by Crippen LogP contribution is -2.35. The van der Waals surface area contributed by atoms with Crippen molar-refractivity contribution in [2.75, 3.05) is 6.61 Å². The molecule has 24 heavy (non-hydrogen) atoms. The van der Waals surface area contributed by atoms with E-state index in [0.717, 1.165) is 12.1 Å². The number of benzene rings is 1. The Morgan fingerprint density at radius 1 is 1.33 bits per heavy atom. The van der Waals surface area contributed by atoms with Crippen molar-refractivity contribution in [2.45, 2.75) is 19.4 Å². The Kier molecular flexibility index (Phi) is 4.19. The van der Waals surface area contributed by atoms with Crippen LogP contribution in [0.15, 0.2) is 24.3 Å². The topological polar surface area (TPSA) is 79.7 Å². The second kappa shape index (κ2) is 6.16. The zero-order chi connectivity index (χ0) is 17.4. The van der Waals surface area contributed by atoms with Gasteiger partial charge >= 0.3 is 5.97 Å². The van der Waals surface area contributed by atoms with Gasteiger partial charge in [-0.3, -0.25) is 0 Å². The van der Waals surface area contributed by atoms with Gasteiger partial charge in [0.05, 0.1) is 6.61 Å². The maximum absolute atomic E-state index is 14.2. The summed E-state index contributed by atoms with van der Waals surface area (Å²) in [5.41, 5.74) is 0.621. The first kappa shape index (κ1) is 16.3. The highest BCUT2D eigenvalue weighted by atomic mass is 19.1. The monoisotopic (exact) mass is 335 g/mol. The number of aromatic nitrogens is 1. The van der Waals surface area contributed by atoms with E-state index in [9.17, 15) is 23.8 Å². The highest BCUT2D eigenvalue weighted by molar-refractivity contribution is 5.88. The van der Waals surface area contributed by atoms with Crippen LogP contribution in [0.25, 0.3) is 11.1 Å². The highest BCUT2D eigenvalue weighted by Crippen LogP contribution is 2.38. The van der Waals surface area contributed by atoms with E-state index in [1.807, 2.05) is 6.92 Å². The van der Waals surface area contributed by atoms with Crippen molar-refractivity contribution in [2.24, 2.45) is 5.92 Å². The van der Waals surface area contributed by atoms with Crippen LogP contribution < -0.4 is 4.74 Å². The van der Waals surface area contributed by atoms with Crippen LogP contribution in [0.5, 0.6) is 5.88 Å². The van der Waals surface area contributed by atoms with Crippen molar-refractivity contribution in [1.29, 1.82) is 0 Å². The second-order valence-electron chi connectivity index (χ2n) is 5.79. The Bertz CT molecular complexity index is 809. The SMILES string of the molecule is C[C@H]1Cc2c(-c3ccc(F)cc3F)cc(C(=O)O)nc2O[C@H]1CO. The minimum atomic E-state index is -1.29. The number of nitrogens with zero attached hydrogens (tertiary/aromatic N) is 1. The normalized spacial score (nSPS) is 19.5. The first-order valence-electron chi connectivity index (χ1n) is 7.41. The third kappa shape index (κ3) is 2.82. The maximum Gasteiger partial charge on any atom is 0.354 e. The molecule has 2 heterocycles. The van der Waals surface area contributed by atoms with Crippen molar-refractivity contribution in [3.63, 3.8) is 0 Å². The number of pyridine rings is 1. The van der Waals surface area contributed by atoms with Gasteiger partial charge < -0.3 is 14.9 Å². The molecule has 1 aliphatic rings. The summed E-state index contributed by atoms with van der Waals surface area (Å²) in [7, 11) is 0. The van der Waals surface area contributed by atoms with Crippen LogP contribution in [-0.2, 0) is 6.42 Å². The fourth-order valence-corrected chi connectivity index (χ4v) is 2.83. The second-order valence-corrected chi connectivity index (χ2v) is 5.79. The van der Waals surface area contributed by atoms with E-state index in [1.165, 1.54) is 12.1 Å². The summed E-state index contributed by atoms with van der Waals surface area (Å²) in [5, 5.41) is 18.6. The van der Waals surface area contributed by atoms with Crippen LogP contribution in [0.4, 0.5) is 8.78 Å². The zero-order valence-corrected chi connectivity index (χ0v) is 12.8. The van der Waals surface area contributed by atoms with E-state index in [1.54, 1.807) is 0 Å². The Morgan fingerprint density at radius 2 is 2.08 bits per heavy atom. The maximum atomic E-state index is 14.2. The molecule has 2 N–H and O–H groups in total. The van der Waals surface area contributed by atoms with Gasteiger partial charge in [-0.1, -0.05) is 6.92 Å². The number of fused-ring (bicyclic) bond motifs is 1. The van der Waals surface area contributed by atoms with Crippen molar-refractivity contribution in [1.82, 2.24) is 4.98 Å². The lowest BCUT2D eigenvalue weighted by molar-refractivity contribution is 0.0551. The summed E-state index contributed by atoms with van der Waals surface area (Å²) in [5.74, 6) is -2.81. The average molecular weight is 335 g/mol. The fourth-order valence-electron chi connectivity index (χ4n) is 2.83.